The van der Waals surface area contributed by atoms with Crippen LogP contribution in [0.4, 0.5) is 4.79 Å². The summed E-state index contributed by atoms with van der Waals surface area (Å²) in [7, 11) is 0. The molecule has 1 saturated carbocycles. The molecule has 5 atom stereocenters. The Morgan fingerprint density at radius 3 is 2.26 bits per heavy atom. The van der Waals surface area contributed by atoms with E-state index >= 15 is 0 Å². The van der Waals surface area contributed by atoms with Gasteiger partial charge in [0, 0.05) is 23.1 Å². The summed E-state index contributed by atoms with van der Waals surface area (Å²) < 4.78 is 0. The van der Waals surface area contributed by atoms with Crippen molar-refractivity contribution < 1.29 is 19.8 Å². The molecule has 0 unspecified atom stereocenters. The van der Waals surface area contributed by atoms with Gasteiger partial charge in [0.05, 0.1) is 24.3 Å². The molecule has 2 bridgehead atoms. The van der Waals surface area contributed by atoms with E-state index in [4.69, 9.17) is 0 Å². The first-order valence-electron chi connectivity index (χ1n) is 22.0. The molecule has 6 heteroatoms. The number of carbonyl (C=O) groups excluding carboxylic acids is 2. The second-order valence-electron chi connectivity index (χ2n) is 17.8. The van der Waals surface area contributed by atoms with Gasteiger partial charge in [0.15, 0.2) is 5.78 Å². The molecule has 0 aliphatic heterocycles. The minimum atomic E-state index is -1.29. The highest BCUT2D eigenvalue weighted by molar-refractivity contribution is 6.10. The molecule has 3 N–H and O–H groups in total. The zero-order valence-electron chi connectivity index (χ0n) is 35.7. The lowest BCUT2D eigenvalue weighted by molar-refractivity contribution is -0.0780. The third-order valence-electron chi connectivity index (χ3n) is 13.8. The van der Waals surface area contributed by atoms with E-state index in [1.807, 2.05) is 109 Å². The summed E-state index contributed by atoms with van der Waals surface area (Å²) in [5, 5.41) is 30.0. The molecule has 3 aliphatic carbocycles. The number of urea groups is 1. The van der Waals surface area contributed by atoms with Crippen LogP contribution in [0, 0.1) is 5.41 Å². The van der Waals surface area contributed by atoms with Crippen molar-refractivity contribution >= 4 is 22.6 Å². The highest BCUT2D eigenvalue weighted by atomic mass is 16.3. The molecule has 0 radical (unpaired) electrons. The third-order valence-corrected chi connectivity index (χ3v) is 13.8. The summed E-state index contributed by atoms with van der Waals surface area (Å²) in [6.07, 6.45) is 6.05. The van der Waals surface area contributed by atoms with Crippen molar-refractivity contribution in [1.82, 2.24) is 10.2 Å². The van der Waals surface area contributed by atoms with E-state index < -0.39 is 17.1 Å². The SMILES string of the molecule is CC1=CCC[C@@]2(C)[C@@H](CC[C@@]2(O)CN(Cc2cccc3ccccc23)C(=O)N[C@H](C)c2ccccc2)c2ccc(cc2C(=O)c2ccc(-c3ccccc3)cc2)C[C@@H](O)CC1. The van der Waals surface area contributed by atoms with Crippen LogP contribution in [-0.4, -0.2) is 45.2 Å². The van der Waals surface area contributed by atoms with Crippen LogP contribution in [0.25, 0.3) is 21.9 Å². The van der Waals surface area contributed by atoms with Crippen LogP contribution < -0.4 is 5.32 Å². The van der Waals surface area contributed by atoms with Crippen molar-refractivity contribution in [2.24, 2.45) is 5.41 Å². The van der Waals surface area contributed by atoms with Gasteiger partial charge in [-0.05, 0) is 115 Å². The quantitative estimate of drug-likeness (QED) is 0.100. The van der Waals surface area contributed by atoms with Gasteiger partial charge in [-0.1, -0.05) is 158 Å². The average Bonchev–Trinajstić information content (AvgIpc) is 3.54. The highest BCUT2D eigenvalue weighted by Crippen LogP contribution is 2.59. The lowest BCUT2D eigenvalue weighted by atomic mass is 9.64. The molecule has 6 nitrogen and oxygen atoms in total. The van der Waals surface area contributed by atoms with E-state index in [0.29, 0.717) is 49.8 Å². The molecule has 0 spiro atoms. The standard InChI is InChI=1S/C55H58N2O4/c1-38-14-13-32-54(3)51(49-30-24-40(34-47(58)29-23-38)35-50(49)52(59)45-27-25-43(26-28-45)42-17-8-5-9-18-42)31-33-55(54,61)37-57(53(60)56-39(2)41-15-6-4-7-16-41)36-46-21-12-20-44-19-10-11-22-48(44)46/h4-12,14-22,24-28,30,35,39,47,51,58,61H,13,23,29,31-34,36-37H2,1-3H3,(H,56,60)/t39-,47+,51+,54+,55-/m1/s1. The van der Waals surface area contributed by atoms with Gasteiger partial charge in [-0.3, -0.25) is 4.79 Å². The Balaban J connectivity index is 1.18. The van der Waals surface area contributed by atoms with Crippen molar-refractivity contribution in [3.63, 3.8) is 0 Å². The first kappa shape index (κ1) is 41.9. The Hall–Kier alpha value is -5.82. The Morgan fingerprint density at radius 1 is 0.803 bits per heavy atom. The van der Waals surface area contributed by atoms with Gasteiger partial charge in [0.1, 0.15) is 0 Å². The molecule has 312 valence electrons. The predicted octanol–water partition coefficient (Wildman–Crippen LogP) is 11.7. The van der Waals surface area contributed by atoms with Crippen LogP contribution in [0.5, 0.6) is 0 Å². The largest absolute Gasteiger partial charge is 0.393 e. The Labute approximate surface area is 361 Å². The molecule has 3 aliphatic rings. The molecule has 9 rings (SSSR count). The first-order chi connectivity index (χ1) is 29.5. The topological polar surface area (TPSA) is 89.9 Å². The van der Waals surface area contributed by atoms with Gasteiger partial charge in [-0.25, -0.2) is 4.79 Å². The lowest BCUT2D eigenvalue weighted by Crippen LogP contribution is -2.55. The van der Waals surface area contributed by atoms with Crippen LogP contribution >= 0.6 is 0 Å². The zero-order chi connectivity index (χ0) is 42.6. The molecule has 1 fully saturated rings. The summed E-state index contributed by atoms with van der Waals surface area (Å²) in [6, 6.07) is 48.0. The van der Waals surface area contributed by atoms with E-state index in [9.17, 15) is 19.8 Å². The lowest BCUT2D eigenvalue weighted by Gasteiger charge is -2.46. The number of amides is 2. The Morgan fingerprint density at radius 2 is 1.49 bits per heavy atom. The number of fused-ring (bicyclic) bond motifs is 9. The highest BCUT2D eigenvalue weighted by Gasteiger charge is 2.57. The second-order valence-corrected chi connectivity index (χ2v) is 17.8. The van der Waals surface area contributed by atoms with E-state index in [1.165, 1.54) is 5.57 Å². The monoisotopic (exact) mass is 810 g/mol. The van der Waals surface area contributed by atoms with Gasteiger partial charge >= 0.3 is 6.03 Å². The van der Waals surface area contributed by atoms with Crippen LogP contribution in [0.15, 0.2) is 157 Å². The zero-order valence-corrected chi connectivity index (χ0v) is 35.7. The first-order valence-corrected chi connectivity index (χ1v) is 22.0. The molecule has 0 saturated heterocycles. The number of aliphatic hydroxyl groups is 2. The number of allylic oxidation sites excluding steroid dienone is 2. The smallest absolute Gasteiger partial charge is 0.318 e. The molecule has 6 aromatic rings. The molecule has 61 heavy (non-hydrogen) atoms. The summed E-state index contributed by atoms with van der Waals surface area (Å²) >= 11 is 0. The predicted molar refractivity (Wildman–Crippen MR) is 246 cm³/mol. The maximum atomic E-state index is 14.8. The van der Waals surface area contributed by atoms with Gasteiger partial charge in [-0.2, -0.15) is 0 Å². The number of aliphatic hydroxyl groups excluding tert-OH is 1. The van der Waals surface area contributed by atoms with Crippen molar-refractivity contribution in [1.29, 1.82) is 0 Å². The fourth-order valence-corrected chi connectivity index (χ4v) is 10.0. The minimum Gasteiger partial charge on any atom is -0.393 e. The molecule has 0 aromatic heterocycles. The van der Waals surface area contributed by atoms with Crippen LogP contribution in [-0.2, 0) is 13.0 Å². The second kappa shape index (κ2) is 18.0. The summed E-state index contributed by atoms with van der Waals surface area (Å²) in [6.45, 7) is 6.73. The maximum Gasteiger partial charge on any atom is 0.318 e. The van der Waals surface area contributed by atoms with Crippen molar-refractivity contribution in [3.05, 3.63) is 191 Å². The number of hydrogen-bond donors (Lipinski definition) is 3. The maximum absolute atomic E-state index is 14.8. The van der Waals surface area contributed by atoms with E-state index in [-0.39, 0.29) is 30.3 Å². The van der Waals surface area contributed by atoms with Gasteiger partial charge in [0.2, 0.25) is 0 Å². The van der Waals surface area contributed by atoms with Crippen molar-refractivity contribution in [3.8, 4) is 11.1 Å². The summed E-state index contributed by atoms with van der Waals surface area (Å²) in [5.41, 5.74) is 6.38. The van der Waals surface area contributed by atoms with Crippen LogP contribution in [0.3, 0.4) is 0 Å². The fraction of sp³-hybridized carbons (Fsp3) is 0.309. The van der Waals surface area contributed by atoms with Crippen molar-refractivity contribution in [2.45, 2.75) is 95.9 Å². The molecule has 6 aromatic carbocycles. The fourth-order valence-electron chi connectivity index (χ4n) is 10.0. The van der Waals surface area contributed by atoms with Crippen LogP contribution in [0.2, 0.25) is 0 Å². The molecule has 2 amide bonds. The van der Waals surface area contributed by atoms with E-state index in [0.717, 1.165) is 57.0 Å². The minimum absolute atomic E-state index is 0.0709. The summed E-state index contributed by atoms with van der Waals surface area (Å²) in [5.74, 6) is -0.250. The third kappa shape index (κ3) is 8.98. The van der Waals surface area contributed by atoms with Crippen molar-refractivity contribution in [2.75, 3.05) is 6.54 Å². The Kier molecular flexibility index (Phi) is 12.4. The van der Waals surface area contributed by atoms with Gasteiger partial charge in [-0.15, -0.1) is 0 Å². The average molecular weight is 811 g/mol. The normalized spacial score (nSPS) is 22.1. The molecular weight excluding hydrogens is 753 g/mol. The number of hydrogen-bond acceptors (Lipinski definition) is 4. The van der Waals surface area contributed by atoms with E-state index in [1.54, 1.807) is 0 Å². The number of benzene rings is 6. The number of carbonyl (C=O) groups is 2. The molecule has 0 heterocycles. The molecular formula is C55H58N2O4. The number of nitrogens with zero attached hydrogens (tertiary/aromatic N) is 1. The number of rotatable bonds is 9. The van der Waals surface area contributed by atoms with E-state index in [2.05, 4.69) is 73.8 Å². The Bertz CT molecular complexity index is 2510. The van der Waals surface area contributed by atoms with Crippen LogP contribution in [0.1, 0.15) is 109 Å². The number of ketones is 1. The van der Waals surface area contributed by atoms with Gasteiger partial charge in [0.25, 0.3) is 0 Å². The summed E-state index contributed by atoms with van der Waals surface area (Å²) in [4.78, 5) is 31.3. The number of nitrogens with one attached hydrogen (secondary N) is 1. The van der Waals surface area contributed by atoms with Gasteiger partial charge < -0.3 is 20.4 Å².